The maximum Gasteiger partial charge on any atom is 0.00979 e. The highest BCUT2D eigenvalue weighted by molar-refractivity contribution is 4.85. The average Bonchev–Trinajstić information content (AvgIpc) is 2.78. The topological polar surface area (TPSA) is 29.3 Å². The zero-order valence-corrected chi connectivity index (χ0v) is 10.1. The van der Waals surface area contributed by atoms with Gasteiger partial charge in [0, 0.05) is 6.04 Å². The van der Waals surface area contributed by atoms with Crippen LogP contribution in [0.4, 0.5) is 0 Å². The maximum atomic E-state index is 5.73. The van der Waals surface area contributed by atoms with Gasteiger partial charge in [-0.05, 0) is 63.6 Å². The van der Waals surface area contributed by atoms with Crippen LogP contribution >= 0.6 is 0 Å². The molecule has 1 aliphatic heterocycles. The number of nitrogens with two attached hydrogens (primary N) is 1. The molecule has 2 heteroatoms. The zero-order chi connectivity index (χ0) is 10.7. The van der Waals surface area contributed by atoms with Gasteiger partial charge in [-0.25, -0.2) is 0 Å². The van der Waals surface area contributed by atoms with E-state index in [0.717, 1.165) is 24.4 Å². The number of nitrogens with zero attached hydrogens (tertiary/aromatic N) is 1. The standard InChI is InChI=1S/C13H26N2/c1-2-11-3-4-13(9-11)15-7-5-12(10-14)6-8-15/h11-13H,2-10,14H2,1H3. The fourth-order valence-corrected chi connectivity index (χ4v) is 3.30. The van der Waals surface area contributed by atoms with Gasteiger partial charge in [0.25, 0.3) is 0 Å². The normalized spacial score (nSPS) is 34.8. The van der Waals surface area contributed by atoms with Gasteiger partial charge >= 0.3 is 0 Å². The van der Waals surface area contributed by atoms with Gasteiger partial charge in [-0.2, -0.15) is 0 Å². The van der Waals surface area contributed by atoms with Gasteiger partial charge in [-0.1, -0.05) is 13.3 Å². The summed E-state index contributed by atoms with van der Waals surface area (Å²) in [7, 11) is 0. The monoisotopic (exact) mass is 210 g/mol. The van der Waals surface area contributed by atoms with Crippen LogP contribution in [0.5, 0.6) is 0 Å². The minimum absolute atomic E-state index is 0.810. The maximum absolute atomic E-state index is 5.73. The Labute approximate surface area is 94.2 Å². The highest BCUT2D eigenvalue weighted by Crippen LogP contribution is 2.33. The van der Waals surface area contributed by atoms with Crippen LogP contribution in [0.1, 0.15) is 45.4 Å². The predicted octanol–water partition coefficient (Wildman–Crippen LogP) is 2.24. The van der Waals surface area contributed by atoms with Crippen molar-refractivity contribution in [1.29, 1.82) is 0 Å². The van der Waals surface area contributed by atoms with E-state index in [1.54, 1.807) is 0 Å². The van der Waals surface area contributed by atoms with Crippen molar-refractivity contribution in [2.45, 2.75) is 51.5 Å². The van der Waals surface area contributed by atoms with E-state index >= 15 is 0 Å². The molecular formula is C13H26N2. The second-order valence-corrected chi connectivity index (χ2v) is 5.46. The first-order valence-corrected chi connectivity index (χ1v) is 6.77. The lowest BCUT2D eigenvalue weighted by Gasteiger charge is -2.35. The molecule has 1 saturated carbocycles. The third-order valence-electron chi connectivity index (χ3n) is 4.59. The molecule has 2 nitrogen and oxygen atoms in total. The van der Waals surface area contributed by atoms with Gasteiger partial charge in [0.15, 0.2) is 0 Å². The summed E-state index contributed by atoms with van der Waals surface area (Å²) in [4.78, 5) is 2.74. The Morgan fingerprint density at radius 2 is 1.80 bits per heavy atom. The summed E-state index contributed by atoms with van der Waals surface area (Å²) in [6, 6.07) is 0.911. The van der Waals surface area contributed by atoms with E-state index in [9.17, 15) is 0 Å². The van der Waals surface area contributed by atoms with Crippen LogP contribution in [0.25, 0.3) is 0 Å². The third kappa shape index (κ3) is 2.73. The summed E-state index contributed by atoms with van der Waals surface area (Å²) >= 11 is 0. The summed E-state index contributed by atoms with van der Waals surface area (Å²) in [5.41, 5.74) is 5.73. The van der Waals surface area contributed by atoms with Gasteiger partial charge in [-0.3, -0.25) is 0 Å². The molecule has 88 valence electrons. The molecule has 2 unspecified atom stereocenters. The molecule has 0 spiro atoms. The fraction of sp³-hybridized carbons (Fsp3) is 1.00. The molecule has 0 radical (unpaired) electrons. The Hall–Kier alpha value is -0.0800. The molecule has 2 rings (SSSR count). The van der Waals surface area contributed by atoms with Crippen LogP contribution < -0.4 is 5.73 Å². The highest BCUT2D eigenvalue weighted by atomic mass is 15.2. The minimum Gasteiger partial charge on any atom is -0.330 e. The van der Waals surface area contributed by atoms with Crippen molar-refractivity contribution >= 4 is 0 Å². The van der Waals surface area contributed by atoms with Gasteiger partial charge in [0.2, 0.25) is 0 Å². The van der Waals surface area contributed by atoms with Crippen LogP contribution in [-0.4, -0.2) is 30.6 Å². The molecule has 2 N–H and O–H groups in total. The van der Waals surface area contributed by atoms with Crippen molar-refractivity contribution in [3.05, 3.63) is 0 Å². The van der Waals surface area contributed by atoms with Crippen LogP contribution in [0, 0.1) is 11.8 Å². The first-order valence-electron chi connectivity index (χ1n) is 6.77. The van der Waals surface area contributed by atoms with E-state index in [1.807, 2.05) is 0 Å². The summed E-state index contributed by atoms with van der Waals surface area (Å²) in [6.45, 7) is 5.86. The van der Waals surface area contributed by atoms with Gasteiger partial charge in [0.05, 0.1) is 0 Å². The summed E-state index contributed by atoms with van der Waals surface area (Å²) < 4.78 is 0. The lowest BCUT2D eigenvalue weighted by Crippen LogP contribution is -2.41. The summed E-state index contributed by atoms with van der Waals surface area (Å²) in [5.74, 6) is 1.83. The second kappa shape index (κ2) is 5.31. The molecule has 15 heavy (non-hydrogen) atoms. The van der Waals surface area contributed by atoms with Crippen molar-refractivity contribution in [1.82, 2.24) is 4.90 Å². The molecule has 0 bridgehead atoms. The van der Waals surface area contributed by atoms with E-state index in [0.29, 0.717) is 0 Å². The first-order chi connectivity index (χ1) is 7.33. The number of hydrogen-bond acceptors (Lipinski definition) is 2. The SMILES string of the molecule is CCC1CCC(N2CCC(CN)CC2)C1. The lowest BCUT2D eigenvalue weighted by atomic mass is 9.95. The highest BCUT2D eigenvalue weighted by Gasteiger charge is 2.30. The van der Waals surface area contributed by atoms with Crippen LogP contribution in [0.3, 0.4) is 0 Å². The Balaban J connectivity index is 1.76. The number of likely N-dealkylation sites (tertiary alicyclic amines) is 1. The number of hydrogen-bond donors (Lipinski definition) is 1. The largest absolute Gasteiger partial charge is 0.330 e. The van der Waals surface area contributed by atoms with Crippen LogP contribution in [-0.2, 0) is 0 Å². The summed E-state index contributed by atoms with van der Waals surface area (Å²) in [6.07, 6.45) is 8.44. The molecule has 1 saturated heterocycles. The van der Waals surface area contributed by atoms with Gasteiger partial charge in [0.1, 0.15) is 0 Å². The molecule has 1 aliphatic carbocycles. The lowest BCUT2D eigenvalue weighted by molar-refractivity contribution is 0.134. The summed E-state index contributed by atoms with van der Waals surface area (Å²) in [5, 5.41) is 0. The molecule has 0 aromatic heterocycles. The zero-order valence-electron chi connectivity index (χ0n) is 10.1. The Morgan fingerprint density at radius 1 is 1.07 bits per heavy atom. The van der Waals surface area contributed by atoms with Crippen molar-refractivity contribution in [2.75, 3.05) is 19.6 Å². The molecule has 2 aliphatic rings. The van der Waals surface area contributed by atoms with Crippen molar-refractivity contribution < 1.29 is 0 Å². The molecule has 0 aromatic rings. The molecular weight excluding hydrogens is 184 g/mol. The van der Waals surface area contributed by atoms with Crippen LogP contribution in [0.2, 0.25) is 0 Å². The van der Waals surface area contributed by atoms with E-state index in [2.05, 4.69) is 11.8 Å². The number of piperidine rings is 1. The van der Waals surface area contributed by atoms with Gasteiger partial charge < -0.3 is 10.6 Å². The predicted molar refractivity (Wildman–Crippen MR) is 64.8 cm³/mol. The molecule has 1 heterocycles. The Bertz CT molecular complexity index is 185. The van der Waals surface area contributed by atoms with E-state index in [1.165, 1.54) is 51.6 Å². The van der Waals surface area contributed by atoms with E-state index in [4.69, 9.17) is 5.73 Å². The van der Waals surface area contributed by atoms with Gasteiger partial charge in [-0.15, -0.1) is 0 Å². The smallest absolute Gasteiger partial charge is 0.00979 e. The van der Waals surface area contributed by atoms with E-state index < -0.39 is 0 Å². The van der Waals surface area contributed by atoms with Crippen molar-refractivity contribution in [2.24, 2.45) is 17.6 Å². The Morgan fingerprint density at radius 3 is 2.33 bits per heavy atom. The fourth-order valence-electron chi connectivity index (χ4n) is 3.30. The quantitative estimate of drug-likeness (QED) is 0.774. The molecule has 0 aromatic carbocycles. The minimum atomic E-state index is 0.810. The molecule has 0 amide bonds. The van der Waals surface area contributed by atoms with Crippen molar-refractivity contribution in [3.8, 4) is 0 Å². The van der Waals surface area contributed by atoms with E-state index in [-0.39, 0.29) is 0 Å². The average molecular weight is 210 g/mol. The second-order valence-electron chi connectivity index (χ2n) is 5.46. The third-order valence-corrected chi connectivity index (χ3v) is 4.59. The van der Waals surface area contributed by atoms with Crippen LogP contribution in [0.15, 0.2) is 0 Å². The van der Waals surface area contributed by atoms with Crippen molar-refractivity contribution in [3.63, 3.8) is 0 Å². The Kier molecular flexibility index (Phi) is 4.04. The molecule has 2 atom stereocenters. The first kappa shape index (κ1) is 11.4. The molecule has 2 fully saturated rings. The number of rotatable bonds is 3.